The Morgan fingerprint density at radius 1 is 0.846 bits per heavy atom. The lowest BCUT2D eigenvalue weighted by atomic mass is 9.89. The van der Waals surface area contributed by atoms with Crippen molar-refractivity contribution in [3.8, 4) is 0 Å². The molecular weight excluding hydrogens is 816 g/mol. The van der Waals surface area contributed by atoms with Gasteiger partial charge in [0.1, 0.15) is 7.57 Å². The summed E-state index contributed by atoms with van der Waals surface area (Å²) in [4.78, 5) is 0. The molecule has 0 spiro atoms. The van der Waals surface area contributed by atoms with Crippen LogP contribution in [0.15, 0.2) is 30.3 Å². The molecule has 0 saturated carbocycles. The maximum atomic E-state index is 6.91. The number of hydrogen-bond donors (Lipinski definition) is 0. The minimum atomic E-state index is -0.963. The van der Waals surface area contributed by atoms with Gasteiger partial charge in [-0.3, -0.25) is 0 Å². The minimum absolute atomic E-state index is 0.257. The lowest BCUT2D eigenvalue weighted by Crippen LogP contribution is -2.44. The highest BCUT2D eigenvalue weighted by atomic mass is 127. The Labute approximate surface area is 225 Å². The van der Waals surface area contributed by atoms with E-state index < -0.39 is 9.36 Å². The molecule has 2 unspecified atom stereocenters. The molecule has 150 valence electrons. The van der Waals surface area contributed by atoms with E-state index in [1.165, 1.54) is 30.1 Å². The van der Waals surface area contributed by atoms with Crippen LogP contribution in [0.3, 0.4) is 0 Å². The van der Waals surface area contributed by atoms with Gasteiger partial charge in [0.2, 0.25) is 0 Å². The second-order valence-electron chi connectivity index (χ2n) is 6.29. The quantitative estimate of drug-likeness (QED) is 0.112. The van der Waals surface area contributed by atoms with Crippen LogP contribution in [0.2, 0.25) is 0 Å². The molecule has 0 radical (unpaired) electrons. The summed E-state index contributed by atoms with van der Waals surface area (Å²) in [6.07, 6.45) is 7.97. The molecule has 1 aromatic rings. The van der Waals surface area contributed by atoms with E-state index in [1.54, 1.807) is 0 Å². The van der Waals surface area contributed by atoms with Gasteiger partial charge >= 0.3 is 0 Å². The van der Waals surface area contributed by atoms with Crippen LogP contribution in [0.25, 0.3) is 0 Å². The molecule has 1 aromatic carbocycles. The molecule has 0 bridgehead atoms. The molecule has 2 atom stereocenters. The van der Waals surface area contributed by atoms with E-state index in [-0.39, 0.29) is 5.92 Å². The number of halogens is 8. The van der Waals surface area contributed by atoms with Gasteiger partial charge in [-0.15, -0.1) is 23.2 Å². The van der Waals surface area contributed by atoms with E-state index in [4.69, 9.17) is 34.8 Å². The van der Waals surface area contributed by atoms with Crippen molar-refractivity contribution in [2.75, 3.05) is 4.43 Å². The third-order valence-corrected chi connectivity index (χ3v) is 12.6. The van der Waals surface area contributed by atoms with Gasteiger partial charge in [0.05, 0.1) is 0 Å². The van der Waals surface area contributed by atoms with Gasteiger partial charge in [-0.05, 0) is 45.4 Å². The predicted molar refractivity (Wildman–Crippen MR) is 147 cm³/mol. The second kappa shape index (κ2) is 12.7. The average Bonchev–Trinajstić information content (AvgIpc) is 2.53. The molecule has 0 saturated heterocycles. The average molecular weight is 838 g/mol. The first-order valence-electron chi connectivity index (χ1n) is 8.47. The SMILES string of the molecule is ClC(Cl)(CCCCCCCCI)C(c1ccccc1)C(Br)(Br)C(Cl)(Br)I. The van der Waals surface area contributed by atoms with E-state index in [0.717, 1.165) is 18.4 Å². The molecule has 0 N–H and O–H groups in total. The first-order valence-corrected chi connectivity index (χ1v) is 14.6. The van der Waals surface area contributed by atoms with Crippen molar-refractivity contribution in [2.45, 2.75) is 60.2 Å². The number of benzene rings is 1. The van der Waals surface area contributed by atoms with Crippen LogP contribution in [0.1, 0.15) is 56.4 Å². The molecule has 0 nitrogen and oxygen atoms in total. The normalized spacial score (nSPS) is 16.3. The van der Waals surface area contributed by atoms with Gasteiger partial charge in [-0.2, -0.15) is 0 Å². The number of alkyl halides is 8. The van der Waals surface area contributed by atoms with Crippen molar-refractivity contribution >= 4 is 128 Å². The summed E-state index contributed by atoms with van der Waals surface area (Å²) in [6.45, 7) is 0. The van der Waals surface area contributed by atoms with Gasteiger partial charge in [-0.1, -0.05) is 144 Å². The van der Waals surface area contributed by atoms with Crippen LogP contribution >= 0.6 is 128 Å². The standard InChI is InChI=1S/C18H22Br3Cl3I2/c19-17(20,18(21,24)26)15(14-10-6-5-7-11-14)16(22,23)12-8-3-1-2-4-9-13-25/h5-7,10-11,15H,1-4,8-9,12-13H2. The lowest BCUT2D eigenvalue weighted by Gasteiger charge is -2.43. The highest BCUT2D eigenvalue weighted by molar-refractivity contribution is 14.1. The molecular formula is C18H22Br3Cl3I2. The Morgan fingerprint density at radius 2 is 1.35 bits per heavy atom. The van der Waals surface area contributed by atoms with Gasteiger partial charge < -0.3 is 0 Å². The van der Waals surface area contributed by atoms with Crippen LogP contribution in [-0.2, 0) is 0 Å². The van der Waals surface area contributed by atoms with Crippen molar-refractivity contribution in [3.63, 3.8) is 0 Å². The van der Waals surface area contributed by atoms with Gasteiger partial charge in [0, 0.05) is 5.92 Å². The van der Waals surface area contributed by atoms with Crippen LogP contribution < -0.4 is 0 Å². The zero-order valence-corrected chi connectivity index (χ0v) is 25.5. The van der Waals surface area contributed by atoms with E-state index in [0.29, 0.717) is 6.42 Å². The summed E-state index contributed by atoms with van der Waals surface area (Å²) in [5, 5.41) is 0. The van der Waals surface area contributed by atoms with Crippen molar-refractivity contribution in [1.82, 2.24) is 0 Å². The molecule has 0 aliphatic carbocycles. The molecule has 0 aliphatic rings. The fraction of sp³-hybridized carbons (Fsp3) is 0.667. The van der Waals surface area contributed by atoms with Crippen LogP contribution in [0.5, 0.6) is 0 Å². The van der Waals surface area contributed by atoms with Crippen molar-refractivity contribution in [1.29, 1.82) is 0 Å². The predicted octanol–water partition coefficient (Wildman–Crippen LogP) is 10.3. The van der Waals surface area contributed by atoms with Crippen LogP contribution in [0.4, 0.5) is 0 Å². The summed E-state index contributed by atoms with van der Waals surface area (Å²) >= 11 is 36.0. The zero-order valence-electron chi connectivity index (χ0n) is 14.1. The lowest BCUT2D eigenvalue weighted by molar-refractivity contribution is 0.495. The zero-order chi connectivity index (χ0) is 19.8. The first kappa shape index (κ1) is 27.0. The smallest absolute Gasteiger partial charge is 0.101 e. The molecule has 0 aliphatic heterocycles. The van der Waals surface area contributed by atoms with Crippen molar-refractivity contribution in [3.05, 3.63) is 35.9 Å². The monoisotopic (exact) mass is 834 g/mol. The molecule has 26 heavy (non-hydrogen) atoms. The fourth-order valence-corrected chi connectivity index (χ4v) is 6.71. The summed E-state index contributed by atoms with van der Waals surface area (Å²) in [5.41, 5.74) is 1.04. The topological polar surface area (TPSA) is 0 Å². The molecule has 1 rings (SSSR count). The van der Waals surface area contributed by atoms with Crippen LogP contribution in [0, 0.1) is 0 Å². The molecule has 8 heteroatoms. The Kier molecular flexibility index (Phi) is 13.3. The molecule has 0 amide bonds. The third-order valence-electron chi connectivity index (χ3n) is 4.19. The van der Waals surface area contributed by atoms with Crippen LogP contribution in [-0.4, -0.2) is 13.8 Å². The number of rotatable bonds is 12. The van der Waals surface area contributed by atoms with E-state index in [1.807, 2.05) is 30.3 Å². The van der Waals surface area contributed by atoms with Crippen molar-refractivity contribution in [2.24, 2.45) is 0 Å². The Hall–Kier alpha value is 2.99. The van der Waals surface area contributed by atoms with E-state index in [9.17, 15) is 0 Å². The fourth-order valence-electron chi connectivity index (χ4n) is 2.83. The highest BCUT2D eigenvalue weighted by Gasteiger charge is 2.56. The molecule has 0 fully saturated rings. The minimum Gasteiger partial charge on any atom is -0.101 e. The number of unbranched alkanes of at least 4 members (excludes halogenated alkanes) is 5. The Balaban J connectivity index is 2.86. The van der Waals surface area contributed by atoms with E-state index in [2.05, 4.69) is 93.0 Å². The maximum Gasteiger partial charge on any atom is 0.175 e. The molecule has 0 aromatic heterocycles. The highest BCUT2D eigenvalue weighted by Crippen LogP contribution is 2.63. The van der Waals surface area contributed by atoms with Gasteiger partial charge in [0.25, 0.3) is 0 Å². The largest absolute Gasteiger partial charge is 0.175 e. The van der Waals surface area contributed by atoms with Crippen molar-refractivity contribution < 1.29 is 0 Å². The van der Waals surface area contributed by atoms with Gasteiger partial charge in [0.15, 0.2) is 1.79 Å². The summed E-state index contributed by atoms with van der Waals surface area (Å²) < 4.78 is -1.27. The third kappa shape index (κ3) is 8.62. The first-order chi connectivity index (χ1) is 12.0. The second-order valence-corrected chi connectivity index (χ2v) is 18.4. The maximum absolute atomic E-state index is 6.91. The summed E-state index contributed by atoms with van der Waals surface area (Å²) in [6, 6.07) is 10.0. The summed E-state index contributed by atoms with van der Waals surface area (Å²) in [5.74, 6) is -0.257. The summed E-state index contributed by atoms with van der Waals surface area (Å²) in [7, 11) is 0. The van der Waals surface area contributed by atoms with E-state index >= 15 is 0 Å². The molecule has 0 heterocycles. The number of hydrogen-bond acceptors (Lipinski definition) is 0. The Bertz CT molecular complexity index is 522. The van der Waals surface area contributed by atoms with Gasteiger partial charge in [-0.25, -0.2) is 0 Å². The Morgan fingerprint density at radius 3 is 1.85 bits per heavy atom.